The Kier molecular flexibility index (Phi) is 7.90. The SMILES string of the molecule is COc1cc([C@H]2Oc3cc(-c4oc5cc(OS(=O)(=O)c6c(C)cc(C)cc6C)cc(O)c5c(=O)c4O)ccc3O[C@@H]2CO)ccc1O. The Balaban J connectivity index is 1.40. The second-order valence-electron chi connectivity index (χ2n) is 11.2. The predicted molar refractivity (Wildman–Crippen MR) is 169 cm³/mol. The third-order valence-corrected chi connectivity index (χ3v) is 9.33. The van der Waals surface area contributed by atoms with E-state index >= 15 is 0 Å². The van der Waals surface area contributed by atoms with Crippen LogP contribution < -0.4 is 23.8 Å². The average molecular weight is 663 g/mol. The normalized spacial score (nSPS) is 15.9. The molecule has 2 atom stereocenters. The van der Waals surface area contributed by atoms with Crippen LogP contribution in [0.2, 0.25) is 0 Å². The van der Waals surface area contributed by atoms with E-state index in [-0.39, 0.29) is 55.9 Å². The van der Waals surface area contributed by atoms with Gasteiger partial charge in [-0.2, -0.15) is 8.42 Å². The fraction of sp³-hybridized carbons (Fsp3) is 0.206. The first kappa shape index (κ1) is 31.6. The number of phenols is 2. The Labute approximate surface area is 268 Å². The van der Waals surface area contributed by atoms with E-state index in [4.69, 9.17) is 22.8 Å². The molecule has 0 aliphatic carbocycles. The lowest BCUT2D eigenvalue weighted by molar-refractivity contribution is -0.0123. The molecule has 0 saturated heterocycles. The van der Waals surface area contributed by atoms with Crippen molar-refractivity contribution in [3.63, 3.8) is 0 Å². The van der Waals surface area contributed by atoms with Gasteiger partial charge in [-0.25, -0.2) is 0 Å². The van der Waals surface area contributed by atoms with Gasteiger partial charge in [-0.3, -0.25) is 4.79 Å². The molecule has 1 aliphatic rings. The number of hydrogen-bond donors (Lipinski definition) is 4. The average Bonchev–Trinajstić information content (AvgIpc) is 3.01. The van der Waals surface area contributed by atoms with E-state index in [0.717, 1.165) is 17.7 Å². The van der Waals surface area contributed by atoms with Crippen LogP contribution in [-0.4, -0.2) is 48.7 Å². The maximum atomic E-state index is 13.3. The molecule has 0 radical (unpaired) electrons. The number of phenolic OH excluding ortho intramolecular Hbond substituents is 2. The monoisotopic (exact) mass is 662 g/mol. The Morgan fingerprint density at radius 1 is 0.851 bits per heavy atom. The summed E-state index contributed by atoms with van der Waals surface area (Å²) in [6.45, 7) is 4.72. The number of benzene rings is 4. The van der Waals surface area contributed by atoms with E-state index in [9.17, 15) is 33.6 Å². The van der Waals surface area contributed by atoms with Gasteiger partial charge in [0.15, 0.2) is 41.0 Å². The molecule has 13 heteroatoms. The standard InChI is InChI=1S/C34H30O12S/c1-16-9-17(2)34(18(3)10-16)47(40,41)46-21-13-23(37)29-27(14-21)45-33(31(39)30(29)38)20-6-8-24-26(12-20)44-32(28(15-35)43-24)19-5-7-22(36)25(11-19)42-4/h5-14,28,32,35-37,39H,15H2,1-4H3/t28-,32-/m1/s1. The third kappa shape index (κ3) is 5.64. The summed E-state index contributed by atoms with van der Waals surface area (Å²) < 4.78 is 55.2. The van der Waals surface area contributed by atoms with Crippen LogP contribution in [0.4, 0.5) is 0 Å². The van der Waals surface area contributed by atoms with Crippen molar-refractivity contribution in [1.29, 1.82) is 0 Å². The molecule has 5 aromatic rings. The van der Waals surface area contributed by atoms with Gasteiger partial charge in [-0.1, -0.05) is 23.8 Å². The summed E-state index contributed by atoms with van der Waals surface area (Å²) in [6.07, 6.45) is -1.66. The molecule has 0 spiro atoms. The number of methoxy groups -OCH3 is 1. The van der Waals surface area contributed by atoms with Crippen LogP contribution in [-0.2, 0) is 10.1 Å². The van der Waals surface area contributed by atoms with Crippen molar-refractivity contribution in [2.75, 3.05) is 13.7 Å². The molecule has 47 heavy (non-hydrogen) atoms. The lowest BCUT2D eigenvalue weighted by Gasteiger charge is -2.33. The molecule has 1 aliphatic heterocycles. The Bertz CT molecular complexity index is 2200. The van der Waals surface area contributed by atoms with E-state index in [1.807, 2.05) is 6.92 Å². The van der Waals surface area contributed by atoms with Gasteiger partial charge in [0.25, 0.3) is 0 Å². The summed E-state index contributed by atoms with van der Waals surface area (Å²) >= 11 is 0. The zero-order valence-corrected chi connectivity index (χ0v) is 26.4. The molecule has 12 nitrogen and oxygen atoms in total. The molecule has 0 fully saturated rings. The zero-order chi connectivity index (χ0) is 33.8. The second kappa shape index (κ2) is 11.8. The van der Waals surface area contributed by atoms with Crippen molar-refractivity contribution in [2.24, 2.45) is 0 Å². The number of aliphatic hydroxyl groups is 1. The first-order valence-electron chi connectivity index (χ1n) is 14.3. The Hall–Kier alpha value is -5.40. The summed E-state index contributed by atoms with van der Waals surface area (Å²) in [4.78, 5) is 13.2. The Morgan fingerprint density at radius 2 is 1.57 bits per heavy atom. The van der Waals surface area contributed by atoms with Gasteiger partial charge in [-0.05, 0) is 62.2 Å². The van der Waals surface area contributed by atoms with Gasteiger partial charge in [0.2, 0.25) is 11.2 Å². The van der Waals surface area contributed by atoms with Crippen molar-refractivity contribution < 1.29 is 51.7 Å². The number of rotatable bonds is 7. The van der Waals surface area contributed by atoms with Crippen LogP contribution in [0.15, 0.2) is 74.8 Å². The molecule has 0 saturated carbocycles. The second-order valence-corrected chi connectivity index (χ2v) is 12.6. The smallest absolute Gasteiger partial charge is 0.339 e. The summed E-state index contributed by atoms with van der Waals surface area (Å²) in [5.74, 6) is -1.55. The van der Waals surface area contributed by atoms with Crippen LogP contribution >= 0.6 is 0 Å². The van der Waals surface area contributed by atoms with E-state index in [2.05, 4.69) is 0 Å². The van der Waals surface area contributed by atoms with Crippen molar-refractivity contribution in [3.8, 4) is 51.6 Å². The Morgan fingerprint density at radius 3 is 2.26 bits per heavy atom. The minimum atomic E-state index is -4.36. The van der Waals surface area contributed by atoms with Crippen LogP contribution in [0.25, 0.3) is 22.3 Å². The molecular formula is C34H30O12S. The first-order valence-corrected chi connectivity index (χ1v) is 15.7. The fourth-order valence-corrected chi connectivity index (χ4v) is 7.14. The lowest BCUT2D eigenvalue weighted by Crippen LogP contribution is -2.36. The van der Waals surface area contributed by atoms with Crippen LogP contribution in [0, 0.1) is 20.8 Å². The van der Waals surface area contributed by atoms with Gasteiger partial charge in [-0.15, -0.1) is 0 Å². The fourth-order valence-electron chi connectivity index (χ4n) is 5.80. The van der Waals surface area contributed by atoms with E-state index in [1.54, 1.807) is 38.1 Å². The molecule has 4 aromatic carbocycles. The predicted octanol–water partition coefficient (Wildman–Crippen LogP) is 5.15. The molecule has 2 heterocycles. The van der Waals surface area contributed by atoms with Crippen molar-refractivity contribution in [3.05, 3.63) is 93.1 Å². The number of aromatic hydroxyl groups is 3. The summed E-state index contributed by atoms with van der Waals surface area (Å²) in [6, 6.07) is 14.5. The molecule has 6 rings (SSSR count). The van der Waals surface area contributed by atoms with Crippen molar-refractivity contribution in [1.82, 2.24) is 0 Å². The minimum Gasteiger partial charge on any atom is -0.507 e. The number of fused-ring (bicyclic) bond motifs is 2. The number of aliphatic hydroxyl groups excluding tert-OH is 1. The van der Waals surface area contributed by atoms with Crippen molar-refractivity contribution >= 4 is 21.1 Å². The van der Waals surface area contributed by atoms with Gasteiger partial charge >= 0.3 is 10.1 Å². The molecule has 244 valence electrons. The third-order valence-electron chi connectivity index (χ3n) is 7.77. The number of aryl methyl sites for hydroxylation is 3. The molecule has 0 unspecified atom stereocenters. The number of hydrogen-bond acceptors (Lipinski definition) is 12. The summed E-state index contributed by atoms with van der Waals surface area (Å²) in [5.41, 5.74) is 1.31. The molecule has 1 aromatic heterocycles. The highest BCUT2D eigenvalue weighted by atomic mass is 32.2. The van der Waals surface area contributed by atoms with Gasteiger partial charge < -0.3 is 43.2 Å². The van der Waals surface area contributed by atoms with E-state index in [0.29, 0.717) is 16.7 Å². The van der Waals surface area contributed by atoms with Gasteiger partial charge in [0.05, 0.1) is 13.7 Å². The number of ether oxygens (including phenoxy) is 3. The minimum absolute atomic E-state index is 0.0284. The highest BCUT2D eigenvalue weighted by Gasteiger charge is 2.34. The molecular weight excluding hydrogens is 632 g/mol. The van der Waals surface area contributed by atoms with Crippen LogP contribution in [0.5, 0.6) is 40.2 Å². The molecule has 4 N–H and O–H groups in total. The largest absolute Gasteiger partial charge is 0.507 e. The topological polar surface area (TPSA) is 182 Å². The highest BCUT2D eigenvalue weighted by molar-refractivity contribution is 7.87. The summed E-state index contributed by atoms with van der Waals surface area (Å²) in [7, 11) is -2.97. The molecule has 0 bridgehead atoms. The van der Waals surface area contributed by atoms with Crippen LogP contribution in [0.3, 0.4) is 0 Å². The van der Waals surface area contributed by atoms with E-state index < -0.39 is 45.9 Å². The molecule has 0 amide bonds. The van der Waals surface area contributed by atoms with E-state index in [1.165, 1.54) is 31.4 Å². The van der Waals surface area contributed by atoms with Gasteiger partial charge in [0.1, 0.15) is 27.4 Å². The quantitative estimate of drug-likeness (QED) is 0.168. The lowest BCUT2D eigenvalue weighted by atomic mass is 10.0. The van der Waals surface area contributed by atoms with Crippen LogP contribution in [0.1, 0.15) is 28.4 Å². The summed E-state index contributed by atoms with van der Waals surface area (Å²) in [5, 5.41) is 41.2. The maximum Gasteiger partial charge on any atom is 0.339 e. The highest BCUT2D eigenvalue weighted by Crippen LogP contribution is 2.44. The van der Waals surface area contributed by atoms with Gasteiger partial charge in [0, 0.05) is 23.3 Å². The van der Waals surface area contributed by atoms with Crippen molar-refractivity contribution in [2.45, 2.75) is 37.9 Å². The maximum absolute atomic E-state index is 13.3. The zero-order valence-electron chi connectivity index (χ0n) is 25.6. The first-order chi connectivity index (χ1) is 22.3.